The lowest BCUT2D eigenvalue weighted by Crippen LogP contribution is -2.45. The Morgan fingerprint density at radius 2 is 1.75 bits per heavy atom. The molecule has 2 unspecified atom stereocenters. The Kier molecular flexibility index (Phi) is 8.26. The highest BCUT2D eigenvalue weighted by Gasteiger charge is 2.36. The van der Waals surface area contributed by atoms with Crippen LogP contribution >= 0.6 is 11.6 Å². The molecular weight excluding hydrogens is 437 g/mol. The van der Waals surface area contributed by atoms with E-state index in [2.05, 4.69) is 5.32 Å². The van der Waals surface area contributed by atoms with Crippen molar-refractivity contribution in [1.29, 1.82) is 0 Å². The number of halogens is 2. The van der Waals surface area contributed by atoms with Gasteiger partial charge in [0, 0.05) is 16.6 Å². The van der Waals surface area contributed by atoms with Gasteiger partial charge in [0.2, 0.25) is 0 Å². The van der Waals surface area contributed by atoms with E-state index < -0.39 is 41.5 Å². The molecule has 0 heterocycles. The second-order valence-corrected chi connectivity index (χ2v) is 9.53. The zero-order chi connectivity index (χ0) is 24.1. The van der Waals surface area contributed by atoms with Crippen molar-refractivity contribution in [2.75, 3.05) is 6.61 Å². The molecule has 174 valence electrons. The van der Waals surface area contributed by atoms with E-state index in [-0.39, 0.29) is 6.42 Å². The molecule has 0 radical (unpaired) electrons. The molecule has 2 aromatic carbocycles. The molecule has 8 heteroatoms. The smallest absolute Gasteiger partial charge is 0.407 e. The van der Waals surface area contributed by atoms with Crippen LogP contribution < -0.4 is 5.32 Å². The number of aliphatic carboxylic acids is 1. The van der Waals surface area contributed by atoms with Gasteiger partial charge in [0.25, 0.3) is 0 Å². The molecule has 0 fully saturated rings. The summed E-state index contributed by atoms with van der Waals surface area (Å²) in [6.45, 7) is 6.02. The Hall–Kier alpha value is -2.64. The van der Waals surface area contributed by atoms with Crippen LogP contribution in [0, 0.1) is 11.2 Å². The van der Waals surface area contributed by atoms with Gasteiger partial charge in [-0.25, -0.2) is 9.18 Å². The zero-order valence-corrected chi connectivity index (χ0v) is 19.4. The number of amides is 1. The normalized spacial score (nSPS) is 14.3. The van der Waals surface area contributed by atoms with E-state index >= 15 is 0 Å². The number of carbonyl (C=O) groups excluding carboxylic acids is 1. The van der Waals surface area contributed by atoms with E-state index in [1.165, 1.54) is 25.1 Å². The van der Waals surface area contributed by atoms with E-state index in [1.54, 1.807) is 45.0 Å². The summed E-state index contributed by atoms with van der Waals surface area (Å²) >= 11 is 5.97. The fourth-order valence-corrected chi connectivity index (χ4v) is 3.41. The number of alkyl carbamates (subject to hydrolysis) is 1. The Labute approximate surface area is 192 Å². The highest BCUT2D eigenvalue weighted by Crippen LogP contribution is 2.28. The first-order valence-corrected chi connectivity index (χ1v) is 10.6. The number of rotatable bonds is 8. The number of benzene rings is 2. The quantitative estimate of drug-likeness (QED) is 0.506. The van der Waals surface area contributed by atoms with Gasteiger partial charge in [-0.2, -0.15) is 0 Å². The highest BCUT2D eigenvalue weighted by atomic mass is 35.5. The molecule has 2 rings (SSSR count). The minimum absolute atomic E-state index is 0.0112. The summed E-state index contributed by atoms with van der Waals surface area (Å²) in [4.78, 5) is 24.0. The molecule has 2 aromatic rings. The SMILES string of the molecule is CC(C)(C)OC(=O)NC(Cc1ccc(-c2cc(Cl)ccc2F)cc1)CC(C)(CO)C(=O)O. The Bertz CT molecular complexity index is 958. The topological polar surface area (TPSA) is 95.9 Å². The van der Waals surface area contributed by atoms with Crippen LogP contribution in [0.2, 0.25) is 5.02 Å². The van der Waals surface area contributed by atoms with Gasteiger partial charge < -0.3 is 20.3 Å². The Morgan fingerprint density at radius 3 is 2.28 bits per heavy atom. The van der Waals surface area contributed by atoms with Crippen LogP contribution in [-0.4, -0.2) is 40.5 Å². The molecule has 0 aromatic heterocycles. The van der Waals surface area contributed by atoms with E-state index in [0.29, 0.717) is 22.6 Å². The molecule has 6 nitrogen and oxygen atoms in total. The lowest BCUT2D eigenvalue weighted by molar-refractivity contribution is -0.151. The van der Waals surface area contributed by atoms with Gasteiger partial charge in [-0.15, -0.1) is 0 Å². The summed E-state index contributed by atoms with van der Waals surface area (Å²) in [5.74, 6) is -1.56. The summed E-state index contributed by atoms with van der Waals surface area (Å²) < 4.78 is 19.4. The van der Waals surface area contributed by atoms with Crippen molar-refractivity contribution in [1.82, 2.24) is 5.32 Å². The van der Waals surface area contributed by atoms with Crippen molar-refractivity contribution in [3.05, 3.63) is 58.9 Å². The molecule has 0 spiro atoms. The summed E-state index contributed by atoms with van der Waals surface area (Å²) in [5, 5.41) is 22.3. The number of nitrogens with one attached hydrogen (secondary N) is 1. The first-order valence-electron chi connectivity index (χ1n) is 10.2. The zero-order valence-electron chi connectivity index (χ0n) is 18.6. The maximum absolute atomic E-state index is 14.1. The van der Waals surface area contributed by atoms with E-state index in [1.807, 2.05) is 0 Å². The molecule has 0 aliphatic carbocycles. The monoisotopic (exact) mass is 465 g/mol. The minimum Gasteiger partial charge on any atom is -0.481 e. The van der Waals surface area contributed by atoms with Gasteiger partial charge in [-0.1, -0.05) is 35.9 Å². The first-order chi connectivity index (χ1) is 14.8. The van der Waals surface area contributed by atoms with Gasteiger partial charge in [-0.05, 0) is 69.9 Å². The number of hydrogen-bond acceptors (Lipinski definition) is 4. The third kappa shape index (κ3) is 7.21. The van der Waals surface area contributed by atoms with Gasteiger partial charge in [0.05, 0.1) is 12.0 Å². The summed E-state index contributed by atoms with van der Waals surface area (Å²) in [7, 11) is 0. The molecule has 1 amide bonds. The highest BCUT2D eigenvalue weighted by molar-refractivity contribution is 6.30. The number of aliphatic hydroxyl groups is 1. The molecule has 32 heavy (non-hydrogen) atoms. The van der Waals surface area contributed by atoms with Crippen LogP contribution in [0.15, 0.2) is 42.5 Å². The van der Waals surface area contributed by atoms with Gasteiger partial charge in [0.1, 0.15) is 11.4 Å². The summed E-state index contributed by atoms with van der Waals surface area (Å²) in [6.07, 6.45) is -0.394. The number of hydrogen-bond donors (Lipinski definition) is 3. The summed E-state index contributed by atoms with van der Waals surface area (Å²) in [6, 6.07) is 10.7. The average molecular weight is 466 g/mol. The standard InChI is InChI=1S/C24H29ClFNO5/c1-23(2,3)32-22(31)27-18(13-24(4,14-28)21(29)30)11-15-5-7-16(8-6-15)19-12-17(25)9-10-20(19)26/h5-10,12,18,28H,11,13-14H2,1-4H3,(H,27,31)(H,29,30). The fourth-order valence-electron chi connectivity index (χ4n) is 3.24. The molecule has 0 saturated heterocycles. The molecule has 3 N–H and O–H groups in total. The van der Waals surface area contributed by atoms with E-state index in [9.17, 15) is 24.2 Å². The number of carboxylic acid groups (broad SMARTS) is 1. The van der Waals surface area contributed by atoms with Crippen LogP contribution in [0.5, 0.6) is 0 Å². The predicted octanol–water partition coefficient (Wildman–Crippen LogP) is 5.06. The number of aliphatic hydroxyl groups excluding tert-OH is 1. The first kappa shape index (κ1) is 25.6. The van der Waals surface area contributed by atoms with Crippen molar-refractivity contribution >= 4 is 23.7 Å². The minimum atomic E-state index is -1.44. The van der Waals surface area contributed by atoms with Gasteiger partial charge in [-0.3, -0.25) is 4.79 Å². The van der Waals surface area contributed by atoms with Gasteiger partial charge >= 0.3 is 12.1 Å². The molecule has 0 saturated carbocycles. The number of ether oxygens (including phenoxy) is 1. The molecule has 0 aliphatic heterocycles. The molecular formula is C24H29ClFNO5. The van der Waals surface area contributed by atoms with Crippen molar-refractivity contribution in [2.45, 2.75) is 52.2 Å². The third-order valence-electron chi connectivity index (χ3n) is 4.96. The molecule has 0 bridgehead atoms. The third-order valence-corrected chi connectivity index (χ3v) is 5.19. The predicted molar refractivity (Wildman–Crippen MR) is 121 cm³/mol. The maximum atomic E-state index is 14.1. The van der Waals surface area contributed by atoms with Crippen LogP contribution in [0.1, 0.15) is 39.7 Å². The largest absolute Gasteiger partial charge is 0.481 e. The van der Waals surface area contributed by atoms with Crippen LogP contribution in [0.3, 0.4) is 0 Å². The van der Waals surface area contributed by atoms with E-state index in [0.717, 1.165) is 5.56 Å². The lowest BCUT2D eigenvalue weighted by atomic mass is 9.82. The van der Waals surface area contributed by atoms with Crippen molar-refractivity contribution in [2.24, 2.45) is 5.41 Å². The second kappa shape index (κ2) is 10.3. The van der Waals surface area contributed by atoms with Crippen LogP contribution in [0.4, 0.5) is 9.18 Å². The average Bonchev–Trinajstić information content (AvgIpc) is 2.68. The van der Waals surface area contributed by atoms with Crippen molar-refractivity contribution < 1.29 is 28.9 Å². The number of carboxylic acids is 1. The van der Waals surface area contributed by atoms with Crippen molar-refractivity contribution in [3.8, 4) is 11.1 Å². The fraction of sp³-hybridized carbons (Fsp3) is 0.417. The van der Waals surface area contributed by atoms with Crippen molar-refractivity contribution in [3.63, 3.8) is 0 Å². The Balaban J connectivity index is 2.24. The maximum Gasteiger partial charge on any atom is 0.407 e. The van der Waals surface area contributed by atoms with Crippen LogP contribution in [0.25, 0.3) is 11.1 Å². The van der Waals surface area contributed by atoms with Gasteiger partial charge in [0.15, 0.2) is 0 Å². The van der Waals surface area contributed by atoms with E-state index in [4.69, 9.17) is 16.3 Å². The second-order valence-electron chi connectivity index (χ2n) is 9.10. The lowest BCUT2D eigenvalue weighted by Gasteiger charge is -2.29. The Morgan fingerprint density at radius 1 is 1.12 bits per heavy atom. The summed E-state index contributed by atoms with van der Waals surface area (Å²) in [5.41, 5.74) is -0.362. The molecule has 2 atom stereocenters. The van der Waals surface area contributed by atoms with Crippen LogP contribution in [-0.2, 0) is 16.0 Å². The molecule has 0 aliphatic rings. The number of carbonyl (C=O) groups is 2.